The highest BCUT2D eigenvalue weighted by Crippen LogP contribution is 2.17. The van der Waals surface area contributed by atoms with Gasteiger partial charge < -0.3 is 4.74 Å². The fraction of sp³-hybridized carbons (Fsp3) is 0.133. The largest absolute Gasteiger partial charge is 0.355 e. The maximum absolute atomic E-state index is 5.36. The number of benzene rings is 2. The van der Waals surface area contributed by atoms with Gasteiger partial charge in [-0.2, -0.15) is 0 Å². The van der Waals surface area contributed by atoms with Crippen molar-refractivity contribution in [3.8, 4) is 0 Å². The summed E-state index contributed by atoms with van der Waals surface area (Å²) in [7, 11) is 1.67. The smallest absolute Gasteiger partial charge is 0.173 e. The van der Waals surface area contributed by atoms with E-state index in [0.717, 1.165) is 11.1 Å². The highest BCUT2D eigenvalue weighted by molar-refractivity contribution is 5.79. The summed E-state index contributed by atoms with van der Waals surface area (Å²) in [5, 5.41) is 0. The van der Waals surface area contributed by atoms with Crippen LogP contribution < -0.4 is 0 Å². The molecule has 17 heavy (non-hydrogen) atoms. The van der Waals surface area contributed by atoms with Gasteiger partial charge >= 0.3 is 0 Å². The third kappa shape index (κ3) is 3.26. The quantitative estimate of drug-likeness (QED) is 0.730. The minimum absolute atomic E-state index is 0.239. The van der Waals surface area contributed by atoms with Crippen LogP contribution in [0.5, 0.6) is 0 Å². The Kier molecular flexibility index (Phi) is 4.05. The van der Waals surface area contributed by atoms with Crippen molar-refractivity contribution in [1.29, 1.82) is 0 Å². The van der Waals surface area contributed by atoms with Crippen molar-refractivity contribution in [3.63, 3.8) is 0 Å². The first-order chi connectivity index (χ1) is 8.40. The lowest BCUT2D eigenvalue weighted by Gasteiger charge is -2.10. The summed E-state index contributed by atoms with van der Waals surface area (Å²) < 4.78 is 5.36. The molecular weight excluding hydrogens is 210 g/mol. The summed E-state index contributed by atoms with van der Waals surface area (Å²) >= 11 is 0. The van der Waals surface area contributed by atoms with Crippen molar-refractivity contribution >= 4 is 6.21 Å². The second-order valence-electron chi connectivity index (χ2n) is 3.69. The van der Waals surface area contributed by atoms with E-state index in [0.29, 0.717) is 0 Å². The molecule has 0 aliphatic carbocycles. The zero-order valence-corrected chi connectivity index (χ0v) is 9.78. The van der Waals surface area contributed by atoms with Crippen molar-refractivity contribution in [2.45, 2.75) is 6.23 Å². The van der Waals surface area contributed by atoms with Crippen LogP contribution in [0, 0.1) is 0 Å². The monoisotopic (exact) mass is 225 g/mol. The fourth-order valence-corrected chi connectivity index (χ4v) is 1.59. The molecule has 2 heteroatoms. The molecule has 86 valence electrons. The van der Waals surface area contributed by atoms with Crippen LogP contribution in [0.3, 0.4) is 0 Å². The molecule has 2 nitrogen and oxygen atoms in total. The fourth-order valence-electron chi connectivity index (χ4n) is 1.59. The van der Waals surface area contributed by atoms with Gasteiger partial charge in [0.25, 0.3) is 0 Å². The normalized spacial score (nSPS) is 12.8. The highest BCUT2D eigenvalue weighted by atomic mass is 16.5. The summed E-state index contributed by atoms with van der Waals surface area (Å²) in [4.78, 5) is 4.44. The minimum Gasteiger partial charge on any atom is -0.355 e. The van der Waals surface area contributed by atoms with Crippen molar-refractivity contribution in [1.82, 2.24) is 0 Å². The van der Waals surface area contributed by atoms with Gasteiger partial charge in [0, 0.05) is 18.9 Å². The predicted molar refractivity (Wildman–Crippen MR) is 70.2 cm³/mol. The summed E-state index contributed by atoms with van der Waals surface area (Å²) in [6.45, 7) is 0. The van der Waals surface area contributed by atoms with Gasteiger partial charge in [0.15, 0.2) is 6.23 Å². The first-order valence-electron chi connectivity index (χ1n) is 5.56. The first kappa shape index (κ1) is 11.6. The molecule has 0 fully saturated rings. The second-order valence-corrected chi connectivity index (χ2v) is 3.69. The molecule has 2 rings (SSSR count). The van der Waals surface area contributed by atoms with E-state index in [9.17, 15) is 0 Å². The van der Waals surface area contributed by atoms with E-state index in [1.165, 1.54) is 0 Å². The van der Waals surface area contributed by atoms with Gasteiger partial charge in [-0.15, -0.1) is 0 Å². The number of aliphatic imine (C=N–C) groups is 1. The number of nitrogens with zero attached hydrogens (tertiary/aromatic N) is 1. The summed E-state index contributed by atoms with van der Waals surface area (Å²) in [5.74, 6) is 0. The Morgan fingerprint density at radius 3 is 2.12 bits per heavy atom. The lowest BCUT2D eigenvalue weighted by atomic mass is 10.2. The molecule has 0 spiro atoms. The summed E-state index contributed by atoms with van der Waals surface area (Å²) in [5.41, 5.74) is 2.13. The SMILES string of the molecule is COC(/N=C\c1ccccc1)c1ccccc1. The van der Waals surface area contributed by atoms with Crippen molar-refractivity contribution < 1.29 is 4.74 Å². The predicted octanol–water partition coefficient (Wildman–Crippen LogP) is 3.45. The van der Waals surface area contributed by atoms with Crippen molar-refractivity contribution in [2.75, 3.05) is 7.11 Å². The molecule has 0 amide bonds. The molecule has 0 saturated heterocycles. The van der Waals surface area contributed by atoms with Gasteiger partial charge in [-0.25, -0.2) is 0 Å². The van der Waals surface area contributed by atoms with E-state index in [1.54, 1.807) is 7.11 Å². The molecule has 0 aromatic heterocycles. The molecule has 0 N–H and O–H groups in total. The maximum Gasteiger partial charge on any atom is 0.173 e. The molecule has 2 aromatic carbocycles. The Hall–Kier alpha value is -1.93. The van der Waals surface area contributed by atoms with E-state index in [1.807, 2.05) is 66.9 Å². The van der Waals surface area contributed by atoms with E-state index in [-0.39, 0.29) is 6.23 Å². The maximum atomic E-state index is 5.36. The average molecular weight is 225 g/mol. The van der Waals surface area contributed by atoms with Gasteiger partial charge in [-0.05, 0) is 5.56 Å². The zero-order chi connectivity index (χ0) is 11.9. The van der Waals surface area contributed by atoms with E-state index in [2.05, 4.69) is 4.99 Å². The van der Waals surface area contributed by atoms with Crippen LogP contribution in [0.2, 0.25) is 0 Å². The summed E-state index contributed by atoms with van der Waals surface area (Å²) in [6.07, 6.45) is 1.60. The van der Waals surface area contributed by atoms with Gasteiger partial charge in [0.05, 0.1) is 0 Å². The van der Waals surface area contributed by atoms with Crippen LogP contribution >= 0.6 is 0 Å². The molecule has 0 saturated carbocycles. The third-order valence-corrected chi connectivity index (χ3v) is 2.47. The van der Waals surface area contributed by atoms with Gasteiger partial charge in [-0.1, -0.05) is 60.7 Å². The van der Waals surface area contributed by atoms with Crippen LogP contribution in [0.15, 0.2) is 65.7 Å². The van der Waals surface area contributed by atoms with Crippen molar-refractivity contribution in [3.05, 3.63) is 71.8 Å². The van der Waals surface area contributed by atoms with E-state index >= 15 is 0 Å². The van der Waals surface area contributed by atoms with Crippen LogP contribution in [0.1, 0.15) is 17.4 Å². The lowest BCUT2D eigenvalue weighted by Crippen LogP contribution is -1.98. The average Bonchev–Trinajstić information content (AvgIpc) is 2.42. The Morgan fingerprint density at radius 2 is 1.53 bits per heavy atom. The van der Waals surface area contributed by atoms with Crippen LogP contribution in [-0.2, 0) is 4.74 Å². The van der Waals surface area contributed by atoms with E-state index in [4.69, 9.17) is 4.74 Å². The Morgan fingerprint density at radius 1 is 0.941 bits per heavy atom. The Labute approximate surface area is 102 Å². The van der Waals surface area contributed by atoms with Gasteiger partial charge in [0.2, 0.25) is 0 Å². The third-order valence-electron chi connectivity index (χ3n) is 2.47. The molecule has 0 bridgehead atoms. The highest BCUT2D eigenvalue weighted by Gasteiger charge is 2.05. The Bertz CT molecular complexity index is 465. The molecule has 1 unspecified atom stereocenters. The minimum atomic E-state index is -0.239. The van der Waals surface area contributed by atoms with Gasteiger partial charge in [0.1, 0.15) is 0 Å². The molecule has 0 radical (unpaired) electrons. The molecule has 0 aliphatic heterocycles. The lowest BCUT2D eigenvalue weighted by molar-refractivity contribution is 0.112. The zero-order valence-electron chi connectivity index (χ0n) is 9.78. The molecule has 0 heterocycles. The topological polar surface area (TPSA) is 21.6 Å². The van der Waals surface area contributed by atoms with Crippen LogP contribution in [0.4, 0.5) is 0 Å². The Balaban J connectivity index is 2.14. The van der Waals surface area contributed by atoms with Crippen LogP contribution in [0.25, 0.3) is 0 Å². The van der Waals surface area contributed by atoms with Crippen molar-refractivity contribution in [2.24, 2.45) is 4.99 Å². The molecule has 1 atom stereocenters. The summed E-state index contributed by atoms with van der Waals surface area (Å²) in [6, 6.07) is 20.0. The molecular formula is C15H15NO. The molecule has 2 aromatic rings. The van der Waals surface area contributed by atoms with Gasteiger partial charge in [-0.3, -0.25) is 4.99 Å². The standard InChI is InChI=1S/C15H15NO/c1-17-15(14-10-6-3-7-11-14)16-12-13-8-4-2-5-9-13/h2-12,15H,1H3/b16-12-. The van der Waals surface area contributed by atoms with E-state index < -0.39 is 0 Å². The molecule has 0 aliphatic rings. The van der Waals surface area contributed by atoms with Crippen LogP contribution in [-0.4, -0.2) is 13.3 Å². The number of ether oxygens (including phenoxy) is 1. The number of hydrogen-bond donors (Lipinski definition) is 0. The first-order valence-corrected chi connectivity index (χ1v) is 5.56. The number of rotatable bonds is 4. The number of methoxy groups -OCH3 is 1. The number of hydrogen-bond acceptors (Lipinski definition) is 2. The second kappa shape index (κ2) is 5.97.